The Kier molecular flexibility index (Phi) is 3.99. The van der Waals surface area contributed by atoms with Crippen molar-refractivity contribution in [1.82, 2.24) is 0 Å². The number of hydrogen-bond acceptors (Lipinski definition) is 2. The minimum atomic E-state index is -4.77. The Morgan fingerprint density at radius 3 is 2.45 bits per heavy atom. The van der Waals surface area contributed by atoms with Crippen LogP contribution in [0.15, 0.2) is 42.5 Å². The predicted molar refractivity (Wildman–Crippen MR) is 69.0 cm³/mol. The molecular weight excluding hydrogens is 293 g/mol. The highest BCUT2D eigenvalue weighted by Gasteiger charge is 2.31. The first-order valence-electron chi connectivity index (χ1n) is 5.50. The molecule has 0 aliphatic rings. The van der Waals surface area contributed by atoms with Crippen LogP contribution < -0.4 is 4.74 Å². The molecule has 6 heteroatoms. The molecule has 0 amide bonds. The monoisotopic (exact) mass is 300 g/mol. The van der Waals surface area contributed by atoms with E-state index < -0.39 is 6.36 Å². The van der Waals surface area contributed by atoms with Gasteiger partial charge in [0.15, 0.2) is 6.29 Å². The van der Waals surface area contributed by atoms with Crippen molar-refractivity contribution in [2.75, 3.05) is 0 Å². The molecule has 0 heterocycles. The first-order valence-corrected chi connectivity index (χ1v) is 5.88. The maximum absolute atomic E-state index is 12.2. The van der Waals surface area contributed by atoms with Gasteiger partial charge in [-0.3, -0.25) is 4.79 Å². The van der Waals surface area contributed by atoms with Crippen LogP contribution in [0.5, 0.6) is 5.75 Å². The van der Waals surface area contributed by atoms with Crippen LogP contribution in [0.4, 0.5) is 13.2 Å². The van der Waals surface area contributed by atoms with Crippen LogP contribution in [-0.4, -0.2) is 12.6 Å². The molecule has 0 N–H and O–H groups in total. The topological polar surface area (TPSA) is 26.3 Å². The fourth-order valence-corrected chi connectivity index (χ4v) is 2.08. The lowest BCUT2D eigenvalue weighted by Gasteiger charge is -2.12. The largest absolute Gasteiger partial charge is 0.573 e. The molecule has 2 aromatic carbocycles. The zero-order chi connectivity index (χ0) is 14.8. The highest BCUT2D eigenvalue weighted by atomic mass is 35.5. The zero-order valence-corrected chi connectivity index (χ0v) is 10.7. The van der Waals surface area contributed by atoms with E-state index in [1.165, 1.54) is 24.3 Å². The van der Waals surface area contributed by atoms with E-state index in [1.807, 2.05) is 0 Å². The van der Waals surface area contributed by atoms with Gasteiger partial charge in [0.1, 0.15) is 5.75 Å². The lowest BCUT2D eigenvalue weighted by Crippen LogP contribution is -2.17. The SMILES string of the molecule is O=Cc1cccc(Cl)c1-c1cccc(OC(F)(F)F)c1. The Morgan fingerprint density at radius 1 is 1.10 bits per heavy atom. The van der Waals surface area contributed by atoms with E-state index in [0.717, 1.165) is 0 Å². The van der Waals surface area contributed by atoms with Gasteiger partial charge in [0.05, 0.1) is 0 Å². The lowest BCUT2D eigenvalue weighted by molar-refractivity contribution is -0.274. The van der Waals surface area contributed by atoms with Crippen LogP contribution in [0.1, 0.15) is 10.4 Å². The second kappa shape index (κ2) is 5.54. The summed E-state index contributed by atoms with van der Waals surface area (Å²) in [7, 11) is 0. The third kappa shape index (κ3) is 3.30. The second-order valence-corrected chi connectivity index (χ2v) is 4.30. The Labute approximate surface area is 117 Å². The van der Waals surface area contributed by atoms with Crippen LogP contribution in [0, 0.1) is 0 Å². The van der Waals surface area contributed by atoms with Crippen LogP contribution in [0.2, 0.25) is 5.02 Å². The average molecular weight is 301 g/mol. The molecule has 0 unspecified atom stereocenters. The standard InChI is InChI=1S/C14H8ClF3O2/c15-12-6-2-4-10(8-19)13(12)9-3-1-5-11(7-9)20-14(16,17)18/h1-8H. The van der Waals surface area contributed by atoms with Crippen molar-refractivity contribution in [2.24, 2.45) is 0 Å². The summed E-state index contributed by atoms with van der Waals surface area (Å²) in [6, 6.07) is 9.99. The number of ether oxygens (including phenoxy) is 1. The molecule has 0 atom stereocenters. The molecule has 0 spiro atoms. The highest BCUT2D eigenvalue weighted by molar-refractivity contribution is 6.34. The first-order chi connectivity index (χ1) is 9.40. The van der Waals surface area contributed by atoms with Crippen molar-refractivity contribution >= 4 is 17.9 Å². The van der Waals surface area contributed by atoms with Gasteiger partial charge in [0.25, 0.3) is 0 Å². The van der Waals surface area contributed by atoms with E-state index in [4.69, 9.17) is 11.6 Å². The van der Waals surface area contributed by atoms with E-state index in [0.29, 0.717) is 23.0 Å². The van der Waals surface area contributed by atoms with Crippen molar-refractivity contribution in [1.29, 1.82) is 0 Å². The van der Waals surface area contributed by atoms with Gasteiger partial charge in [0.2, 0.25) is 0 Å². The van der Waals surface area contributed by atoms with Gasteiger partial charge >= 0.3 is 6.36 Å². The third-order valence-electron chi connectivity index (χ3n) is 2.53. The number of carbonyl (C=O) groups excluding carboxylic acids is 1. The van der Waals surface area contributed by atoms with E-state index in [1.54, 1.807) is 18.2 Å². The summed E-state index contributed by atoms with van der Waals surface area (Å²) in [5.74, 6) is -0.369. The van der Waals surface area contributed by atoms with Crippen molar-refractivity contribution in [2.45, 2.75) is 6.36 Å². The fraction of sp³-hybridized carbons (Fsp3) is 0.0714. The van der Waals surface area contributed by atoms with Crippen molar-refractivity contribution in [3.63, 3.8) is 0 Å². The summed E-state index contributed by atoms with van der Waals surface area (Å²) < 4.78 is 40.4. The number of alkyl halides is 3. The molecule has 0 saturated heterocycles. The molecule has 0 radical (unpaired) electrons. The number of carbonyl (C=O) groups is 1. The molecular formula is C14H8ClF3O2. The molecule has 0 aliphatic carbocycles. The molecule has 104 valence electrons. The van der Waals surface area contributed by atoms with E-state index in [-0.39, 0.29) is 10.8 Å². The zero-order valence-electron chi connectivity index (χ0n) is 9.95. The van der Waals surface area contributed by atoms with Gasteiger partial charge in [0, 0.05) is 16.1 Å². The molecule has 20 heavy (non-hydrogen) atoms. The second-order valence-electron chi connectivity index (χ2n) is 3.90. The van der Waals surface area contributed by atoms with Crippen molar-refractivity contribution < 1.29 is 22.7 Å². The molecule has 2 rings (SSSR count). The number of hydrogen-bond donors (Lipinski definition) is 0. The summed E-state index contributed by atoms with van der Waals surface area (Å²) in [5.41, 5.74) is 1.04. The summed E-state index contributed by atoms with van der Waals surface area (Å²) in [6.45, 7) is 0. The third-order valence-corrected chi connectivity index (χ3v) is 2.84. The molecule has 2 nitrogen and oxygen atoms in total. The molecule has 0 bridgehead atoms. The number of benzene rings is 2. The van der Waals surface area contributed by atoms with E-state index >= 15 is 0 Å². The molecule has 0 fully saturated rings. The van der Waals surface area contributed by atoms with Crippen LogP contribution in [0.25, 0.3) is 11.1 Å². The number of rotatable bonds is 3. The molecule has 0 saturated carbocycles. The van der Waals surface area contributed by atoms with Crippen LogP contribution in [0.3, 0.4) is 0 Å². The fourth-order valence-electron chi connectivity index (χ4n) is 1.79. The Bertz CT molecular complexity index is 639. The number of halogens is 4. The minimum absolute atomic E-state index is 0.277. The smallest absolute Gasteiger partial charge is 0.406 e. The van der Waals surface area contributed by atoms with Crippen LogP contribution >= 0.6 is 11.6 Å². The maximum atomic E-state index is 12.2. The van der Waals surface area contributed by atoms with Crippen molar-refractivity contribution in [3.05, 3.63) is 53.1 Å². The quantitative estimate of drug-likeness (QED) is 0.767. The average Bonchev–Trinajstić information content (AvgIpc) is 2.36. The lowest BCUT2D eigenvalue weighted by atomic mass is 10.0. The molecule has 2 aromatic rings. The van der Waals surface area contributed by atoms with Crippen molar-refractivity contribution in [3.8, 4) is 16.9 Å². The normalized spacial score (nSPS) is 11.2. The summed E-state index contributed by atoms with van der Waals surface area (Å²) in [4.78, 5) is 11.0. The van der Waals surface area contributed by atoms with Gasteiger partial charge in [-0.2, -0.15) is 0 Å². The van der Waals surface area contributed by atoms with E-state index in [2.05, 4.69) is 4.74 Å². The van der Waals surface area contributed by atoms with Gasteiger partial charge in [-0.25, -0.2) is 0 Å². The van der Waals surface area contributed by atoms with E-state index in [9.17, 15) is 18.0 Å². The summed E-state index contributed by atoms with van der Waals surface area (Å²) in [5, 5.41) is 0.277. The van der Waals surface area contributed by atoms with Gasteiger partial charge in [-0.15, -0.1) is 13.2 Å². The maximum Gasteiger partial charge on any atom is 0.573 e. The Balaban J connectivity index is 2.49. The van der Waals surface area contributed by atoms with Crippen LogP contribution in [-0.2, 0) is 0 Å². The Morgan fingerprint density at radius 2 is 1.80 bits per heavy atom. The minimum Gasteiger partial charge on any atom is -0.406 e. The van der Waals surface area contributed by atoms with Gasteiger partial charge < -0.3 is 4.74 Å². The molecule has 0 aliphatic heterocycles. The van der Waals surface area contributed by atoms with Gasteiger partial charge in [-0.05, 0) is 23.8 Å². The summed E-state index contributed by atoms with van der Waals surface area (Å²) >= 11 is 6.01. The summed E-state index contributed by atoms with van der Waals surface area (Å²) in [6.07, 6.45) is -4.18. The van der Waals surface area contributed by atoms with Gasteiger partial charge in [-0.1, -0.05) is 35.9 Å². The predicted octanol–water partition coefficient (Wildman–Crippen LogP) is 4.72. The Hall–Kier alpha value is -2.01. The highest BCUT2D eigenvalue weighted by Crippen LogP contribution is 2.33. The first kappa shape index (κ1) is 14.4. The molecule has 0 aromatic heterocycles. The number of aldehydes is 1.